The van der Waals surface area contributed by atoms with Crippen LogP contribution in [0.1, 0.15) is 42.0 Å². The van der Waals surface area contributed by atoms with Crippen molar-refractivity contribution < 1.29 is 9.53 Å². The van der Waals surface area contributed by atoms with E-state index in [1.807, 2.05) is 0 Å². The van der Waals surface area contributed by atoms with Crippen LogP contribution in [0, 0.1) is 12.8 Å². The molecular weight excluding hydrogens is 324 g/mol. The number of likely N-dealkylation sites (N-methyl/N-ethyl adjacent to an activating group) is 1. The van der Waals surface area contributed by atoms with Crippen LogP contribution in [-0.2, 0) is 16.0 Å². The van der Waals surface area contributed by atoms with Gasteiger partial charge in [-0.2, -0.15) is 0 Å². The zero-order valence-electron chi connectivity index (χ0n) is 15.5. The first-order valence-electron chi connectivity index (χ1n) is 9.76. The van der Waals surface area contributed by atoms with Crippen molar-refractivity contribution in [3.8, 4) is 0 Å². The minimum absolute atomic E-state index is 0.204. The number of ketones is 1. The van der Waals surface area contributed by atoms with Gasteiger partial charge in [-0.3, -0.25) is 4.79 Å². The van der Waals surface area contributed by atoms with Gasteiger partial charge < -0.3 is 14.6 Å². The highest BCUT2D eigenvalue weighted by atomic mass is 16.5. The average Bonchev–Trinajstić information content (AvgIpc) is 3.18. The van der Waals surface area contributed by atoms with E-state index < -0.39 is 0 Å². The molecule has 0 saturated carbocycles. The summed E-state index contributed by atoms with van der Waals surface area (Å²) in [6.07, 6.45) is 5.38. The predicted octanol–water partition coefficient (Wildman–Crippen LogP) is 3.70. The van der Waals surface area contributed by atoms with Gasteiger partial charge in [-0.25, -0.2) is 0 Å². The van der Waals surface area contributed by atoms with Gasteiger partial charge in [0.25, 0.3) is 0 Å². The Hall–Kier alpha value is -2.07. The number of carbonyl (C=O) groups excluding carboxylic acids is 1. The summed E-state index contributed by atoms with van der Waals surface area (Å²) in [7, 11) is 2.26. The summed E-state index contributed by atoms with van der Waals surface area (Å²) in [5.41, 5.74) is 5.62. The lowest BCUT2D eigenvalue weighted by Crippen LogP contribution is -2.48. The largest absolute Gasteiger partial charge is 0.497 e. The number of nitrogens with zero attached hydrogens (tertiary/aromatic N) is 1. The molecule has 1 fully saturated rings. The first-order valence-corrected chi connectivity index (χ1v) is 9.76. The molecule has 0 spiro atoms. The number of nitrogens with one attached hydrogen (secondary N) is 1. The summed E-state index contributed by atoms with van der Waals surface area (Å²) in [4.78, 5) is 17.5. The van der Waals surface area contributed by atoms with Crippen LogP contribution < -0.4 is 0 Å². The highest BCUT2D eigenvalue weighted by molar-refractivity contribution is 5.92. The van der Waals surface area contributed by atoms with Gasteiger partial charge in [0.2, 0.25) is 0 Å². The lowest BCUT2D eigenvalue weighted by molar-refractivity contribution is -0.114. The molecule has 2 aromatic rings. The number of rotatable bonds is 3. The molecule has 4 nitrogen and oxygen atoms in total. The molecule has 1 aromatic heterocycles. The SMILES string of the molecule is Cc1[nH]c2cccc3c2c1C[C@@H]1C3C[C@@H](COC2=CC(=O)CC2)CN1C. The molecule has 3 aliphatic rings. The van der Waals surface area contributed by atoms with E-state index >= 15 is 0 Å². The lowest BCUT2D eigenvalue weighted by Gasteiger charge is -2.45. The Labute approximate surface area is 154 Å². The summed E-state index contributed by atoms with van der Waals surface area (Å²) in [5.74, 6) is 2.16. The fraction of sp³-hybridized carbons (Fsp3) is 0.500. The third kappa shape index (κ3) is 2.50. The van der Waals surface area contributed by atoms with Crippen molar-refractivity contribution in [1.82, 2.24) is 9.88 Å². The summed E-state index contributed by atoms with van der Waals surface area (Å²) in [6, 6.07) is 7.29. The Morgan fingerprint density at radius 2 is 2.19 bits per heavy atom. The standard InChI is InChI=1S/C22H26N2O2/c1-13-18-10-21-19(17-4-3-5-20(23-13)22(17)18)8-14(11-24(21)2)12-26-16-7-6-15(25)9-16/h3-5,9,14,19,21,23H,6-8,10-12H2,1-2H3/t14-,19?,21-/m1/s1. The lowest BCUT2D eigenvalue weighted by atomic mass is 9.72. The molecule has 2 aliphatic carbocycles. The van der Waals surface area contributed by atoms with E-state index in [0.717, 1.165) is 31.8 Å². The van der Waals surface area contributed by atoms with Gasteiger partial charge in [-0.1, -0.05) is 12.1 Å². The van der Waals surface area contributed by atoms with Crippen molar-refractivity contribution in [2.45, 2.75) is 44.6 Å². The minimum atomic E-state index is 0.204. The van der Waals surface area contributed by atoms with Crippen molar-refractivity contribution >= 4 is 16.7 Å². The second-order valence-corrected chi connectivity index (χ2v) is 8.31. The topological polar surface area (TPSA) is 45.3 Å². The number of fused-ring (bicyclic) bond motifs is 2. The number of aryl methyl sites for hydroxylation is 1. The van der Waals surface area contributed by atoms with Crippen molar-refractivity contribution in [2.75, 3.05) is 20.2 Å². The zero-order valence-corrected chi connectivity index (χ0v) is 15.5. The van der Waals surface area contributed by atoms with Gasteiger partial charge >= 0.3 is 0 Å². The number of hydrogen-bond acceptors (Lipinski definition) is 3. The molecule has 1 saturated heterocycles. The van der Waals surface area contributed by atoms with Crippen LogP contribution in [0.2, 0.25) is 0 Å². The summed E-state index contributed by atoms with van der Waals surface area (Å²) < 4.78 is 6.00. The second-order valence-electron chi connectivity index (χ2n) is 8.31. The third-order valence-corrected chi connectivity index (χ3v) is 6.59. The van der Waals surface area contributed by atoms with Crippen LogP contribution in [0.3, 0.4) is 0 Å². The van der Waals surface area contributed by atoms with Crippen LogP contribution in [0.25, 0.3) is 10.9 Å². The highest BCUT2D eigenvalue weighted by Gasteiger charge is 2.40. The number of aromatic nitrogens is 1. The maximum absolute atomic E-state index is 11.4. The summed E-state index contributed by atoms with van der Waals surface area (Å²) in [6.45, 7) is 3.99. The smallest absolute Gasteiger partial charge is 0.159 e. The monoisotopic (exact) mass is 350 g/mol. The van der Waals surface area contributed by atoms with Gasteiger partial charge in [0.1, 0.15) is 0 Å². The van der Waals surface area contributed by atoms with Gasteiger partial charge in [-0.05, 0) is 44.0 Å². The fourth-order valence-electron chi connectivity index (χ4n) is 5.35. The van der Waals surface area contributed by atoms with E-state index in [0.29, 0.717) is 24.3 Å². The van der Waals surface area contributed by atoms with Crippen molar-refractivity contribution in [3.05, 3.63) is 46.9 Å². The van der Waals surface area contributed by atoms with Crippen molar-refractivity contribution in [3.63, 3.8) is 0 Å². The molecule has 5 rings (SSSR count). The van der Waals surface area contributed by atoms with Crippen LogP contribution in [0.5, 0.6) is 0 Å². The van der Waals surface area contributed by atoms with E-state index in [9.17, 15) is 4.79 Å². The van der Waals surface area contributed by atoms with Crippen LogP contribution >= 0.6 is 0 Å². The van der Waals surface area contributed by atoms with E-state index in [1.165, 1.54) is 34.1 Å². The van der Waals surface area contributed by atoms with E-state index in [-0.39, 0.29) is 5.78 Å². The molecule has 4 heteroatoms. The molecule has 0 amide bonds. The average molecular weight is 350 g/mol. The van der Waals surface area contributed by atoms with E-state index in [4.69, 9.17) is 4.74 Å². The Morgan fingerprint density at radius 1 is 1.31 bits per heavy atom. The van der Waals surface area contributed by atoms with Crippen molar-refractivity contribution in [2.24, 2.45) is 5.92 Å². The molecule has 3 atom stereocenters. The van der Waals surface area contributed by atoms with Crippen LogP contribution in [0.15, 0.2) is 30.0 Å². The number of allylic oxidation sites excluding steroid dienone is 2. The molecule has 26 heavy (non-hydrogen) atoms. The number of carbonyl (C=O) groups is 1. The number of ether oxygens (including phenoxy) is 1. The molecule has 0 bridgehead atoms. The van der Waals surface area contributed by atoms with Gasteiger partial charge in [0, 0.05) is 59.9 Å². The number of likely N-dealkylation sites (tertiary alicyclic amines) is 1. The van der Waals surface area contributed by atoms with Gasteiger partial charge in [0.05, 0.1) is 12.4 Å². The maximum atomic E-state index is 11.4. The Balaban J connectivity index is 1.41. The molecule has 0 radical (unpaired) electrons. The maximum Gasteiger partial charge on any atom is 0.159 e. The summed E-state index contributed by atoms with van der Waals surface area (Å²) >= 11 is 0. The number of H-pyrrole nitrogens is 1. The molecule has 2 heterocycles. The number of piperidine rings is 1. The van der Waals surface area contributed by atoms with Crippen LogP contribution in [0.4, 0.5) is 0 Å². The Bertz CT molecular complexity index is 910. The van der Waals surface area contributed by atoms with Gasteiger partial charge in [0.15, 0.2) is 5.78 Å². The number of aromatic amines is 1. The minimum Gasteiger partial charge on any atom is -0.497 e. The third-order valence-electron chi connectivity index (χ3n) is 6.59. The normalized spacial score (nSPS) is 28.3. The van der Waals surface area contributed by atoms with Crippen molar-refractivity contribution in [1.29, 1.82) is 0 Å². The number of benzene rings is 1. The summed E-state index contributed by atoms with van der Waals surface area (Å²) in [5, 5.41) is 1.46. The first kappa shape index (κ1) is 16.1. The Kier molecular flexibility index (Phi) is 3.71. The van der Waals surface area contributed by atoms with E-state index in [1.54, 1.807) is 6.08 Å². The fourth-order valence-corrected chi connectivity index (χ4v) is 5.35. The first-order chi connectivity index (χ1) is 12.6. The highest BCUT2D eigenvalue weighted by Crippen LogP contribution is 2.45. The molecule has 1 unspecified atom stereocenters. The Morgan fingerprint density at radius 3 is 3.00 bits per heavy atom. The molecule has 136 valence electrons. The molecule has 1 aromatic carbocycles. The molecule has 1 N–H and O–H groups in total. The van der Waals surface area contributed by atoms with Gasteiger partial charge in [-0.15, -0.1) is 0 Å². The van der Waals surface area contributed by atoms with Crippen LogP contribution in [-0.4, -0.2) is 41.9 Å². The molecule has 1 aliphatic heterocycles. The quantitative estimate of drug-likeness (QED) is 0.918. The zero-order chi connectivity index (χ0) is 17.8. The second kappa shape index (κ2) is 5.98. The van der Waals surface area contributed by atoms with E-state index in [2.05, 4.69) is 42.1 Å². The molecular formula is C22H26N2O2. The number of hydrogen-bond donors (Lipinski definition) is 1. The predicted molar refractivity (Wildman–Crippen MR) is 102 cm³/mol.